The lowest BCUT2D eigenvalue weighted by molar-refractivity contribution is 0.223. The van der Waals surface area contributed by atoms with E-state index in [1.54, 1.807) is 14.2 Å². The molecule has 0 fully saturated rings. The number of hydrogen-bond acceptors (Lipinski definition) is 3. The van der Waals surface area contributed by atoms with E-state index in [9.17, 15) is 0 Å². The molecular formula is C14H21NO2. The minimum atomic E-state index is 0.637. The first-order valence-electron chi connectivity index (χ1n) is 5.83. The number of nitrogens with two attached hydrogens (primary N) is 1. The van der Waals surface area contributed by atoms with Crippen LogP contribution in [0.4, 0.5) is 0 Å². The molecule has 0 unspecified atom stereocenters. The number of para-hydroxylation sites is 1. The molecule has 17 heavy (non-hydrogen) atoms. The Hall–Kier alpha value is -1.32. The van der Waals surface area contributed by atoms with Crippen molar-refractivity contribution in [2.75, 3.05) is 27.4 Å². The van der Waals surface area contributed by atoms with Crippen LogP contribution in [0.2, 0.25) is 0 Å². The molecule has 0 saturated carbocycles. The quantitative estimate of drug-likeness (QED) is 0.789. The summed E-state index contributed by atoms with van der Waals surface area (Å²) in [4.78, 5) is 0. The van der Waals surface area contributed by atoms with Gasteiger partial charge in [-0.25, -0.2) is 0 Å². The van der Waals surface area contributed by atoms with Crippen LogP contribution in [0, 0.1) is 0 Å². The van der Waals surface area contributed by atoms with Crippen molar-refractivity contribution in [3.63, 3.8) is 0 Å². The van der Waals surface area contributed by atoms with Crippen molar-refractivity contribution < 1.29 is 9.47 Å². The molecule has 0 atom stereocenters. The molecule has 3 heteroatoms. The molecule has 0 aromatic heterocycles. The summed E-state index contributed by atoms with van der Waals surface area (Å²) in [7, 11) is 3.39. The van der Waals surface area contributed by atoms with Crippen molar-refractivity contribution in [3.8, 4) is 5.75 Å². The van der Waals surface area contributed by atoms with Gasteiger partial charge in [-0.3, -0.25) is 0 Å². The summed E-state index contributed by atoms with van der Waals surface area (Å²) in [5, 5.41) is 0. The fraction of sp³-hybridized carbons (Fsp3) is 0.429. The molecule has 0 bridgehead atoms. The Balaban J connectivity index is 2.86. The Labute approximate surface area is 103 Å². The van der Waals surface area contributed by atoms with E-state index < -0.39 is 0 Å². The van der Waals surface area contributed by atoms with Gasteiger partial charge in [-0.1, -0.05) is 18.2 Å². The third kappa shape index (κ3) is 4.59. The molecule has 1 aromatic carbocycles. The zero-order valence-corrected chi connectivity index (χ0v) is 10.6. The third-order valence-electron chi connectivity index (χ3n) is 2.53. The van der Waals surface area contributed by atoms with Crippen molar-refractivity contribution in [2.24, 2.45) is 5.73 Å². The van der Waals surface area contributed by atoms with Crippen LogP contribution < -0.4 is 10.5 Å². The molecule has 0 spiro atoms. The average Bonchev–Trinajstić information content (AvgIpc) is 2.37. The third-order valence-corrected chi connectivity index (χ3v) is 2.53. The van der Waals surface area contributed by atoms with Gasteiger partial charge in [0.1, 0.15) is 5.75 Å². The van der Waals surface area contributed by atoms with Crippen LogP contribution in [0.15, 0.2) is 29.8 Å². The second kappa shape index (κ2) is 7.87. The predicted octanol–water partition coefficient (Wildman–Crippen LogP) is 2.46. The normalized spacial score (nSPS) is 11.6. The summed E-state index contributed by atoms with van der Waals surface area (Å²) >= 11 is 0. The van der Waals surface area contributed by atoms with Gasteiger partial charge in [0.15, 0.2) is 0 Å². The fourth-order valence-corrected chi connectivity index (χ4v) is 1.71. The summed E-state index contributed by atoms with van der Waals surface area (Å²) in [6.45, 7) is 1.34. The molecule has 94 valence electrons. The number of methoxy groups -OCH3 is 2. The molecule has 3 nitrogen and oxygen atoms in total. The van der Waals surface area contributed by atoms with Crippen LogP contribution in [0.5, 0.6) is 5.75 Å². The predicted molar refractivity (Wildman–Crippen MR) is 71.1 cm³/mol. The Morgan fingerprint density at radius 2 is 2.06 bits per heavy atom. The van der Waals surface area contributed by atoms with E-state index in [-0.39, 0.29) is 0 Å². The largest absolute Gasteiger partial charge is 0.496 e. The monoisotopic (exact) mass is 235 g/mol. The van der Waals surface area contributed by atoms with Gasteiger partial charge in [-0.15, -0.1) is 0 Å². The summed E-state index contributed by atoms with van der Waals surface area (Å²) in [6.07, 6.45) is 4.06. The SMILES string of the molecule is COC/C(=C/c1ccccc1OC)CCCN. The summed E-state index contributed by atoms with van der Waals surface area (Å²) in [5.41, 5.74) is 7.85. The molecule has 0 heterocycles. The van der Waals surface area contributed by atoms with Crippen LogP contribution in [-0.2, 0) is 4.74 Å². The Bertz CT molecular complexity index is 361. The Morgan fingerprint density at radius 3 is 2.71 bits per heavy atom. The van der Waals surface area contributed by atoms with E-state index >= 15 is 0 Å². The van der Waals surface area contributed by atoms with E-state index in [0.29, 0.717) is 13.2 Å². The Kier molecular flexibility index (Phi) is 6.37. The van der Waals surface area contributed by atoms with Crippen molar-refractivity contribution in [1.82, 2.24) is 0 Å². The van der Waals surface area contributed by atoms with Crippen molar-refractivity contribution in [3.05, 3.63) is 35.4 Å². The van der Waals surface area contributed by atoms with Gasteiger partial charge in [0.2, 0.25) is 0 Å². The second-order valence-electron chi connectivity index (χ2n) is 3.87. The molecular weight excluding hydrogens is 214 g/mol. The number of ether oxygens (including phenoxy) is 2. The fourth-order valence-electron chi connectivity index (χ4n) is 1.71. The lowest BCUT2D eigenvalue weighted by atomic mass is 10.1. The maximum absolute atomic E-state index is 5.53. The molecule has 0 saturated heterocycles. The highest BCUT2D eigenvalue weighted by Gasteiger charge is 2.02. The van der Waals surface area contributed by atoms with Gasteiger partial charge in [-0.05, 0) is 37.1 Å². The maximum atomic E-state index is 5.53. The van der Waals surface area contributed by atoms with Gasteiger partial charge < -0.3 is 15.2 Å². The van der Waals surface area contributed by atoms with E-state index in [1.807, 2.05) is 24.3 Å². The molecule has 0 aliphatic carbocycles. The van der Waals surface area contributed by atoms with Gasteiger partial charge in [0.25, 0.3) is 0 Å². The van der Waals surface area contributed by atoms with Crippen molar-refractivity contribution in [1.29, 1.82) is 0 Å². The first-order valence-corrected chi connectivity index (χ1v) is 5.83. The first-order chi connectivity index (χ1) is 8.31. The Morgan fingerprint density at radius 1 is 1.29 bits per heavy atom. The van der Waals surface area contributed by atoms with E-state index in [0.717, 1.165) is 24.2 Å². The van der Waals surface area contributed by atoms with Gasteiger partial charge >= 0.3 is 0 Å². The van der Waals surface area contributed by atoms with Gasteiger partial charge in [-0.2, -0.15) is 0 Å². The molecule has 1 aromatic rings. The number of hydrogen-bond donors (Lipinski definition) is 1. The summed E-state index contributed by atoms with van der Waals surface area (Å²) in [6, 6.07) is 7.96. The molecule has 0 aliphatic rings. The topological polar surface area (TPSA) is 44.5 Å². The molecule has 0 radical (unpaired) electrons. The highest BCUT2D eigenvalue weighted by molar-refractivity contribution is 5.59. The zero-order chi connectivity index (χ0) is 12.5. The first kappa shape index (κ1) is 13.7. The maximum Gasteiger partial charge on any atom is 0.126 e. The average molecular weight is 235 g/mol. The van der Waals surface area contributed by atoms with Crippen molar-refractivity contribution >= 4 is 6.08 Å². The molecule has 0 aliphatic heterocycles. The van der Waals surface area contributed by atoms with Crippen molar-refractivity contribution in [2.45, 2.75) is 12.8 Å². The van der Waals surface area contributed by atoms with E-state index in [4.69, 9.17) is 15.2 Å². The molecule has 2 N–H and O–H groups in total. The highest BCUT2D eigenvalue weighted by Crippen LogP contribution is 2.21. The molecule has 0 amide bonds. The van der Waals surface area contributed by atoms with Crippen LogP contribution in [0.25, 0.3) is 6.08 Å². The number of benzene rings is 1. The van der Waals surface area contributed by atoms with Gasteiger partial charge in [0, 0.05) is 12.7 Å². The second-order valence-corrected chi connectivity index (χ2v) is 3.87. The minimum Gasteiger partial charge on any atom is -0.496 e. The van der Waals surface area contributed by atoms with E-state index in [2.05, 4.69) is 6.08 Å². The van der Waals surface area contributed by atoms with Crippen LogP contribution in [0.1, 0.15) is 18.4 Å². The van der Waals surface area contributed by atoms with Gasteiger partial charge in [0.05, 0.1) is 13.7 Å². The summed E-state index contributed by atoms with van der Waals surface area (Å²) in [5.74, 6) is 0.883. The summed E-state index contributed by atoms with van der Waals surface area (Å²) < 4.78 is 10.5. The van der Waals surface area contributed by atoms with Crippen LogP contribution >= 0.6 is 0 Å². The lowest BCUT2D eigenvalue weighted by Crippen LogP contribution is -2.02. The lowest BCUT2D eigenvalue weighted by Gasteiger charge is -2.08. The highest BCUT2D eigenvalue weighted by atomic mass is 16.5. The van der Waals surface area contributed by atoms with Crippen LogP contribution in [-0.4, -0.2) is 27.4 Å². The standard InChI is InChI=1S/C14H21NO2/c1-16-11-12(6-5-9-15)10-13-7-3-4-8-14(13)17-2/h3-4,7-8,10H,5-6,9,11,15H2,1-2H3/b12-10+. The van der Waals surface area contributed by atoms with E-state index in [1.165, 1.54) is 5.57 Å². The zero-order valence-electron chi connectivity index (χ0n) is 10.6. The number of rotatable bonds is 7. The smallest absolute Gasteiger partial charge is 0.126 e. The molecule has 1 rings (SSSR count). The van der Waals surface area contributed by atoms with Crippen LogP contribution in [0.3, 0.4) is 0 Å². The minimum absolute atomic E-state index is 0.637.